The van der Waals surface area contributed by atoms with E-state index in [1.54, 1.807) is 0 Å². The molecule has 0 rings (SSSR count). The summed E-state index contributed by atoms with van der Waals surface area (Å²) < 4.78 is 0. The van der Waals surface area contributed by atoms with Crippen LogP contribution in [0.3, 0.4) is 0 Å². The molecule has 0 aromatic carbocycles. The van der Waals surface area contributed by atoms with Gasteiger partial charge in [-0.25, -0.2) is 0 Å². The van der Waals surface area contributed by atoms with E-state index in [0.717, 1.165) is 52.4 Å². The molecule has 0 atom stereocenters. The summed E-state index contributed by atoms with van der Waals surface area (Å²) >= 11 is 0. The first kappa shape index (κ1) is 16.8. The highest BCUT2D eigenvalue weighted by atomic mass is 15.1. The summed E-state index contributed by atoms with van der Waals surface area (Å²) in [5.41, 5.74) is 0. The lowest BCUT2D eigenvalue weighted by Gasteiger charge is -2.07. The van der Waals surface area contributed by atoms with Gasteiger partial charge in [0.1, 0.15) is 0 Å². The minimum Gasteiger partial charge on any atom is -0.317 e. The molecule has 0 unspecified atom stereocenters. The maximum atomic E-state index is 3.46. The van der Waals surface area contributed by atoms with Crippen LogP contribution in [0.4, 0.5) is 0 Å². The van der Waals surface area contributed by atoms with Crippen molar-refractivity contribution in [3.05, 3.63) is 0 Å². The van der Waals surface area contributed by atoms with Crippen LogP contribution in [0.25, 0.3) is 0 Å². The van der Waals surface area contributed by atoms with Gasteiger partial charge in [-0.1, -0.05) is 13.8 Å². The molecule has 4 N–H and O–H groups in total. The molecule has 0 aliphatic rings. The van der Waals surface area contributed by atoms with Crippen molar-refractivity contribution in [3.63, 3.8) is 0 Å². The zero-order valence-corrected chi connectivity index (χ0v) is 11.8. The van der Waals surface area contributed by atoms with Crippen molar-refractivity contribution in [1.29, 1.82) is 0 Å². The fourth-order valence-corrected chi connectivity index (χ4v) is 1.62. The average molecular weight is 246 g/mol. The third-order valence-electron chi connectivity index (χ3n) is 2.62. The molecule has 0 saturated heterocycles. The van der Waals surface area contributed by atoms with Crippen LogP contribution in [-0.2, 0) is 0 Å². The second kappa shape index (κ2) is 15.8. The monoisotopic (exact) mass is 246 g/mol. The number of rotatable bonds is 14. The molecule has 0 saturated carbocycles. The molecule has 0 amide bonds. The number of nitrogens with one attached hydrogen (secondary N) is 4. The molecular formula is C13H32N4. The zero-order valence-electron chi connectivity index (χ0n) is 11.8. The van der Waals surface area contributed by atoms with Crippen LogP contribution in [0.15, 0.2) is 0 Å². The SMILES string of the molecule is CCNCCCNC[14CH2]CNCCCNCC. The summed E-state index contributed by atoms with van der Waals surface area (Å²) in [4.78, 5) is 0. The summed E-state index contributed by atoms with van der Waals surface area (Å²) in [5, 5.41) is 13.6. The molecule has 0 aliphatic heterocycles. The molecule has 0 radical (unpaired) electrons. The molecule has 4 nitrogen and oxygen atoms in total. The second-order valence-electron chi connectivity index (χ2n) is 4.27. The smallest absolute Gasteiger partial charge is 0.00368 e. The van der Waals surface area contributed by atoms with E-state index in [0.29, 0.717) is 0 Å². The van der Waals surface area contributed by atoms with Gasteiger partial charge in [-0.3, -0.25) is 0 Å². The quantitative estimate of drug-likeness (QED) is 0.338. The summed E-state index contributed by atoms with van der Waals surface area (Å²) in [6.07, 6.45) is 3.68. The van der Waals surface area contributed by atoms with Crippen LogP contribution in [0.2, 0.25) is 0 Å². The molecule has 0 spiro atoms. The first-order chi connectivity index (χ1) is 8.41. The van der Waals surface area contributed by atoms with E-state index < -0.39 is 0 Å². The van der Waals surface area contributed by atoms with E-state index in [2.05, 4.69) is 35.1 Å². The Morgan fingerprint density at radius 2 is 1.06 bits per heavy atom. The van der Waals surface area contributed by atoms with Gasteiger partial charge in [0.25, 0.3) is 0 Å². The Morgan fingerprint density at radius 1 is 0.647 bits per heavy atom. The van der Waals surface area contributed by atoms with Crippen LogP contribution in [0, 0.1) is 0 Å². The lowest BCUT2D eigenvalue weighted by molar-refractivity contribution is 0.557. The topological polar surface area (TPSA) is 48.1 Å². The lowest BCUT2D eigenvalue weighted by Crippen LogP contribution is -2.26. The van der Waals surface area contributed by atoms with E-state index in [1.807, 2.05) is 0 Å². The fraction of sp³-hybridized carbons (Fsp3) is 1.00. The van der Waals surface area contributed by atoms with E-state index in [-0.39, 0.29) is 0 Å². The standard InChI is InChI=1S/C13H32N4/c1-3-14-8-5-10-16-12-7-13-17-11-6-9-15-4-2/h14-17H,3-13H2,1-2H3/i7+2. The minimum absolute atomic E-state index is 1.08. The predicted molar refractivity (Wildman–Crippen MR) is 76.7 cm³/mol. The predicted octanol–water partition coefficient (Wildman–Crippen LogP) is 0.555. The molecule has 0 heterocycles. The lowest BCUT2D eigenvalue weighted by atomic mass is 10.4. The maximum absolute atomic E-state index is 3.46. The second-order valence-corrected chi connectivity index (χ2v) is 4.27. The Labute approximate surface area is 107 Å². The average Bonchev–Trinajstić information content (AvgIpc) is 2.35. The molecule has 0 bridgehead atoms. The van der Waals surface area contributed by atoms with E-state index in [4.69, 9.17) is 0 Å². The van der Waals surface area contributed by atoms with Crippen molar-refractivity contribution in [3.8, 4) is 0 Å². The van der Waals surface area contributed by atoms with Crippen molar-refractivity contribution in [1.82, 2.24) is 21.3 Å². The normalized spacial score (nSPS) is 10.9. The molecule has 104 valence electrons. The molecule has 4 heteroatoms. The Hall–Kier alpha value is -0.160. The number of hydrogen-bond acceptors (Lipinski definition) is 4. The first-order valence-electron chi connectivity index (χ1n) is 7.24. The van der Waals surface area contributed by atoms with Crippen LogP contribution >= 0.6 is 0 Å². The van der Waals surface area contributed by atoms with Gasteiger partial charge in [-0.2, -0.15) is 0 Å². The van der Waals surface area contributed by atoms with Gasteiger partial charge in [0.15, 0.2) is 0 Å². The van der Waals surface area contributed by atoms with Crippen molar-refractivity contribution in [2.75, 3.05) is 52.4 Å². The third-order valence-corrected chi connectivity index (χ3v) is 2.62. The van der Waals surface area contributed by atoms with Gasteiger partial charge in [-0.15, -0.1) is 0 Å². The molecular weight excluding hydrogens is 214 g/mol. The van der Waals surface area contributed by atoms with Crippen LogP contribution in [-0.4, -0.2) is 52.4 Å². The van der Waals surface area contributed by atoms with Gasteiger partial charge in [0, 0.05) is 0 Å². The van der Waals surface area contributed by atoms with Gasteiger partial charge < -0.3 is 21.3 Å². The molecule has 0 aliphatic carbocycles. The van der Waals surface area contributed by atoms with Crippen molar-refractivity contribution in [2.45, 2.75) is 33.1 Å². The van der Waals surface area contributed by atoms with Crippen LogP contribution < -0.4 is 21.3 Å². The summed E-state index contributed by atoms with van der Waals surface area (Å²) in [6.45, 7) is 13.2. The first-order valence-corrected chi connectivity index (χ1v) is 7.24. The van der Waals surface area contributed by atoms with E-state index >= 15 is 0 Å². The Balaban J connectivity index is 2.85. The largest absolute Gasteiger partial charge is 0.317 e. The molecule has 0 aromatic rings. The highest BCUT2D eigenvalue weighted by Crippen LogP contribution is 1.78. The Morgan fingerprint density at radius 3 is 1.47 bits per heavy atom. The number of hydrogen-bond donors (Lipinski definition) is 4. The van der Waals surface area contributed by atoms with Crippen molar-refractivity contribution < 1.29 is 0 Å². The van der Waals surface area contributed by atoms with Crippen LogP contribution in [0.1, 0.15) is 33.1 Å². The van der Waals surface area contributed by atoms with E-state index in [9.17, 15) is 0 Å². The summed E-state index contributed by atoms with van der Waals surface area (Å²) in [7, 11) is 0. The molecule has 0 fully saturated rings. The fourth-order valence-electron chi connectivity index (χ4n) is 1.62. The summed E-state index contributed by atoms with van der Waals surface area (Å²) in [5.74, 6) is 0. The van der Waals surface area contributed by atoms with Crippen LogP contribution in [0.5, 0.6) is 0 Å². The maximum Gasteiger partial charge on any atom is -0.00368 e. The van der Waals surface area contributed by atoms with Gasteiger partial charge >= 0.3 is 0 Å². The minimum atomic E-state index is 1.08. The highest BCUT2D eigenvalue weighted by molar-refractivity contribution is 4.54. The van der Waals surface area contributed by atoms with Gasteiger partial charge in [0.05, 0.1) is 0 Å². The van der Waals surface area contributed by atoms with Crippen molar-refractivity contribution in [2.24, 2.45) is 0 Å². The van der Waals surface area contributed by atoms with Gasteiger partial charge in [-0.05, 0) is 71.6 Å². The van der Waals surface area contributed by atoms with Crippen molar-refractivity contribution >= 4 is 0 Å². The molecule has 17 heavy (non-hydrogen) atoms. The Bertz CT molecular complexity index is 117. The summed E-state index contributed by atoms with van der Waals surface area (Å²) in [6, 6.07) is 0. The highest BCUT2D eigenvalue weighted by Gasteiger charge is 1.90. The third kappa shape index (κ3) is 15.8. The molecule has 0 aromatic heterocycles. The zero-order chi connectivity index (χ0) is 12.6. The van der Waals surface area contributed by atoms with E-state index in [1.165, 1.54) is 19.3 Å². The van der Waals surface area contributed by atoms with Gasteiger partial charge in [0.2, 0.25) is 0 Å². The Kier molecular flexibility index (Phi) is 15.7.